The van der Waals surface area contributed by atoms with Gasteiger partial charge in [0.05, 0.1) is 12.8 Å². The van der Waals surface area contributed by atoms with Crippen LogP contribution in [-0.4, -0.2) is 55.3 Å². The van der Waals surface area contributed by atoms with Gasteiger partial charge >= 0.3 is 0 Å². The molecule has 1 saturated heterocycles. The summed E-state index contributed by atoms with van der Waals surface area (Å²) in [4.78, 5) is 11.3. The highest BCUT2D eigenvalue weighted by Crippen LogP contribution is 2.30. The van der Waals surface area contributed by atoms with Crippen LogP contribution in [0.1, 0.15) is 17.8 Å². The topological polar surface area (TPSA) is 66.7 Å². The number of rotatable bonds is 8. The molecule has 1 fully saturated rings. The van der Waals surface area contributed by atoms with Crippen molar-refractivity contribution in [2.24, 2.45) is 4.99 Å². The standard InChI is InChI=1S/C25H32N6O.HI/c1-26-25(29-21-13-16-30(19-21)22-10-6-7-11-23(22)32-2)28-14-12-24-27-15-17-31(24)18-20-8-4-3-5-9-20;/h3-11,15,17,21H,12-14,16,18-19H2,1-2H3,(H2,26,28,29);1H. The minimum Gasteiger partial charge on any atom is -0.495 e. The monoisotopic (exact) mass is 560 g/mol. The van der Waals surface area contributed by atoms with Crippen LogP contribution in [-0.2, 0) is 13.0 Å². The molecule has 0 spiro atoms. The molecule has 0 saturated carbocycles. The smallest absolute Gasteiger partial charge is 0.191 e. The normalized spacial score (nSPS) is 15.8. The molecular weight excluding hydrogens is 527 g/mol. The number of hydrogen-bond donors (Lipinski definition) is 2. The van der Waals surface area contributed by atoms with Crippen LogP contribution in [0.3, 0.4) is 0 Å². The van der Waals surface area contributed by atoms with Gasteiger partial charge in [-0.3, -0.25) is 4.99 Å². The van der Waals surface area contributed by atoms with Gasteiger partial charge in [-0.1, -0.05) is 42.5 Å². The third-order valence-electron chi connectivity index (χ3n) is 5.82. The van der Waals surface area contributed by atoms with Gasteiger partial charge in [0, 0.05) is 58.1 Å². The lowest BCUT2D eigenvalue weighted by Crippen LogP contribution is -2.45. The Kier molecular flexibility index (Phi) is 9.41. The van der Waals surface area contributed by atoms with Crippen LogP contribution in [0.15, 0.2) is 72.0 Å². The summed E-state index contributed by atoms with van der Waals surface area (Å²) in [6.07, 6.45) is 5.80. The number of para-hydroxylation sites is 2. The van der Waals surface area contributed by atoms with E-state index in [2.05, 4.69) is 66.5 Å². The van der Waals surface area contributed by atoms with Crippen LogP contribution in [0.25, 0.3) is 0 Å². The summed E-state index contributed by atoms with van der Waals surface area (Å²) < 4.78 is 7.73. The second-order valence-electron chi connectivity index (χ2n) is 7.95. The third kappa shape index (κ3) is 6.63. The lowest BCUT2D eigenvalue weighted by atomic mass is 10.2. The van der Waals surface area contributed by atoms with Crippen LogP contribution in [0.2, 0.25) is 0 Å². The lowest BCUT2D eigenvalue weighted by Gasteiger charge is -2.22. The number of imidazole rings is 1. The van der Waals surface area contributed by atoms with E-state index in [0.717, 1.165) is 62.2 Å². The summed E-state index contributed by atoms with van der Waals surface area (Å²) in [6.45, 7) is 3.52. The van der Waals surface area contributed by atoms with E-state index in [1.165, 1.54) is 5.56 Å². The molecule has 1 aliphatic heterocycles. The summed E-state index contributed by atoms with van der Waals surface area (Å²) in [6, 6.07) is 19.0. The maximum atomic E-state index is 5.52. The highest BCUT2D eigenvalue weighted by molar-refractivity contribution is 14.0. The van der Waals surface area contributed by atoms with Crippen molar-refractivity contribution in [2.75, 3.05) is 38.7 Å². The minimum atomic E-state index is 0. The Hall–Kier alpha value is -2.75. The second-order valence-corrected chi connectivity index (χ2v) is 7.95. The van der Waals surface area contributed by atoms with Gasteiger partial charge < -0.3 is 24.8 Å². The van der Waals surface area contributed by atoms with Gasteiger partial charge in [-0.05, 0) is 24.1 Å². The number of benzene rings is 2. The summed E-state index contributed by atoms with van der Waals surface area (Å²) in [5.74, 6) is 2.82. The van der Waals surface area contributed by atoms with Crippen LogP contribution in [0, 0.1) is 0 Å². The number of hydrogen-bond acceptors (Lipinski definition) is 4. The molecule has 0 bridgehead atoms. The van der Waals surface area contributed by atoms with E-state index in [0.29, 0.717) is 6.04 Å². The van der Waals surface area contributed by atoms with Crippen LogP contribution in [0.5, 0.6) is 5.75 Å². The van der Waals surface area contributed by atoms with E-state index < -0.39 is 0 Å². The van der Waals surface area contributed by atoms with Gasteiger partial charge in [-0.2, -0.15) is 0 Å². The van der Waals surface area contributed by atoms with Crippen molar-refractivity contribution in [3.63, 3.8) is 0 Å². The number of methoxy groups -OCH3 is 1. The molecule has 2 N–H and O–H groups in total. The minimum absolute atomic E-state index is 0. The molecule has 8 heteroatoms. The first-order chi connectivity index (χ1) is 15.8. The Bertz CT molecular complexity index is 1020. The van der Waals surface area contributed by atoms with Gasteiger partial charge in [-0.15, -0.1) is 24.0 Å². The summed E-state index contributed by atoms with van der Waals surface area (Å²) in [5, 5.41) is 7.01. The maximum absolute atomic E-state index is 5.52. The molecule has 0 amide bonds. The van der Waals surface area contributed by atoms with E-state index in [-0.39, 0.29) is 24.0 Å². The molecule has 0 radical (unpaired) electrons. The summed E-state index contributed by atoms with van der Waals surface area (Å²) >= 11 is 0. The molecule has 2 aromatic carbocycles. The Labute approximate surface area is 213 Å². The highest BCUT2D eigenvalue weighted by atomic mass is 127. The van der Waals surface area contributed by atoms with Gasteiger partial charge in [0.2, 0.25) is 0 Å². The molecule has 33 heavy (non-hydrogen) atoms. The zero-order valence-corrected chi connectivity index (χ0v) is 21.6. The van der Waals surface area contributed by atoms with Gasteiger partial charge in [-0.25, -0.2) is 4.98 Å². The number of halogens is 1. The third-order valence-corrected chi connectivity index (χ3v) is 5.82. The van der Waals surface area contributed by atoms with E-state index in [9.17, 15) is 0 Å². The quantitative estimate of drug-likeness (QED) is 0.251. The SMILES string of the molecule is CN=C(NCCc1nccn1Cc1ccccc1)NC1CCN(c2ccccc2OC)C1.I. The number of anilines is 1. The Morgan fingerprint density at radius 2 is 1.94 bits per heavy atom. The molecule has 4 rings (SSSR count). The fourth-order valence-corrected chi connectivity index (χ4v) is 4.16. The van der Waals surface area contributed by atoms with Crippen molar-refractivity contribution >= 4 is 35.6 Å². The van der Waals surface area contributed by atoms with Gasteiger partial charge in [0.15, 0.2) is 5.96 Å². The molecule has 1 aliphatic rings. The average Bonchev–Trinajstić information content (AvgIpc) is 3.48. The van der Waals surface area contributed by atoms with Crippen molar-refractivity contribution < 1.29 is 4.74 Å². The second kappa shape index (κ2) is 12.5. The zero-order valence-electron chi connectivity index (χ0n) is 19.3. The van der Waals surface area contributed by atoms with Crippen molar-refractivity contribution in [1.82, 2.24) is 20.2 Å². The first-order valence-electron chi connectivity index (χ1n) is 11.2. The fourth-order valence-electron chi connectivity index (χ4n) is 4.16. The fraction of sp³-hybridized carbons (Fsp3) is 0.360. The van der Waals surface area contributed by atoms with Crippen molar-refractivity contribution in [3.05, 3.63) is 78.4 Å². The van der Waals surface area contributed by atoms with Gasteiger partial charge in [0.25, 0.3) is 0 Å². The van der Waals surface area contributed by atoms with Gasteiger partial charge in [0.1, 0.15) is 11.6 Å². The van der Waals surface area contributed by atoms with E-state index in [4.69, 9.17) is 4.74 Å². The predicted octanol–water partition coefficient (Wildman–Crippen LogP) is 3.54. The van der Waals surface area contributed by atoms with E-state index >= 15 is 0 Å². The number of aromatic nitrogens is 2. The van der Waals surface area contributed by atoms with Crippen molar-refractivity contribution in [2.45, 2.75) is 25.4 Å². The van der Waals surface area contributed by atoms with Crippen LogP contribution in [0.4, 0.5) is 5.69 Å². The molecule has 0 aliphatic carbocycles. The lowest BCUT2D eigenvalue weighted by molar-refractivity contribution is 0.415. The number of guanidine groups is 1. The Balaban J connectivity index is 0.00000306. The van der Waals surface area contributed by atoms with Crippen molar-refractivity contribution in [3.8, 4) is 5.75 Å². The average molecular weight is 560 g/mol. The maximum Gasteiger partial charge on any atom is 0.191 e. The first kappa shape index (κ1) is 24.9. The number of aliphatic imine (C=N–C) groups is 1. The van der Waals surface area contributed by atoms with Crippen LogP contribution < -0.4 is 20.3 Å². The zero-order chi connectivity index (χ0) is 22.2. The molecule has 7 nitrogen and oxygen atoms in total. The number of ether oxygens (including phenoxy) is 1. The molecule has 1 aromatic heterocycles. The Morgan fingerprint density at radius 3 is 2.73 bits per heavy atom. The molecule has 2 heterocycles. The van der Waals surface area contributed by atoms with E-state index in [1.807, 2.05) is 37.6 Å². The van der Waals surface area contributed by atoms with Crippen molar-refractivity contribution in [1.29, 1.82) is 0 Å². The van der Waals surface area contributed by atoms with Crippen LogP contribution >= 0.6 is 24.0 Å². The molecule has 3 aromatic rings. The molecular formula is C25H33IN6O. The molecule has 1 atom stereocenters. The molecule has 1 unspecified atom stereocenters. The van der Waals surface area contributed by atoms with E-state index in [1.54, 1.807) is 7.11 Å². The number of nitrogens with one attached hydrogen (secondary N) is 2. The summed E-state index contributed by atoms with van der Waals surface area (Å²) in [7, 11) is 3.54. The largest absolute Gasteiger partial charge is 0.495 e. The predicted molar refractivity (Wildman–Crippen MR) is 145 cm³/mol. The number of nitrogens with zero attached hydrogens (tertiary/aromatic N) is 4. The Morgan fingerprint density at radius 1 is 1.15 bits per heavy atom. The molecule has 176 valence electrons. The summed E-state index contributed by atoms with van der Waals surface area (Å²) in [5.41, 5.74) is 2.42. The highest BCUT2D eigenvalue weighted by Gasteiger charge is 2.25. The first-order valence-corrected chi connectivity index (χ1v) is 11.2.